The van der Waals surface area contributed by atoms with Gasteiger partial charge < -0.3 is 67.4 Å². The highest BCUT2D eigenvalue weighted by atomic mass is 16.7. The summed E-state index contributed by atoms with van der Waals surface area (Å²) in [6, 6.07) is 0. The Labute approximate surface area is 374 Å². The first kappa shape index (κ1) is 56.5. The molecule has 4 aliphatic rings. The largest absolute Gasteiger partial charge is 0.400 e. The summed E-state index contributed by atoms with van der Waals surface area (Å²) < 4.78 is 62.4. The number of ether oxygens (including phenoxy) is 11. The average molecular weight is 887 g/mol. The van der Waals surface area contributed by atoms with Gasteiger partial charge in [0.25, 0.3) is 0 Å². The van der Waals surface area contributed by atoms with Crippen LogP contribution in [-0.2, 0) is 52.1 Å². The zero-order chi connectivity index (χ0) is 46.7. The van der Waals surface area contributed by atoms with Crippen LogP contribution in [0.1, 0.15) is 81.1 Å². The third-order valence-corrected chi connectivity index (χ3v) is 13.1. The zero-order valence-corrected chi connectivity index (χ0v) is 40.8. The molecule has 0 aromatic heterocycles. The lowest BCUT2D eigenvalue weighted by molar-refractivity contribution is -0.241. The number of epoxide rings is 2. The number of hydrogen-bond acceptors (Lipinski definition) is 14. The Morgan fingerprint density at radius 1 is 0.597 bits per heavy atom. The van der Waals surface area contributed by atoms with E-state index in [4.69, 9.17) is 57.2 Å². The molecular weight excluding hydrogens is 801 g/mol. The molecule has 14 heteroatoms. The highest BCUT2D eigenvalue weighted by Crippen LogP contribution is 2.39. The molecule has 4 rings (SSSR count). The van der Waals surface area contributed by atoms with Crippen molar-refractivity contribution in [1.82, 2.24) is 0 Å². The maximum absolute atomic E-state index is 10.7. The molecule has 17 unspecified atom stereocenters. The lowest BCUT2D eigenvalue weighted by atomic mass is 9.91. The van der Waals surface area contributed by atoms with E-state index in [1.165, 1.54) is 0 Å². The lowest BCUT2D eigenvalue weighted by Crippen LogP contribution is -2.51. The minimum atomic E-state index is -0.555. The Bertz CT molecular complexity index is 1330. The first-order valence-corrected chi connectivity index (χ1v) is 22.5. The fraction of sp³-hybridized carbons (Fsp3) is 0.833. The maximum atomic E-state index is 10.7. The quantitative estimate of drug-likeness (QED) is 0.0826. The minimum Gasteiger partial charge on any atom is -0.400 e. The fourth-order valence-electron chi connectivity index (χ4n) is 8.90. The summed E-state index contributed by atoms with van der Waals surface area (Å²) in [5.41, 5.74) is 2.09. The molecule has 0 amide bonds. The topological polar surface area (TPSA) is 169 Å². The van der Waals surface area contributed by atoms with Crippen molar-refractivity contribution in [3.8, 4) is 0 Å². The van der Waals surface area contributed by atoms with Crippen molar-refractivity contribution in [3.05, 3.63) is 47.6 Å². The second-order valence-electron chi connectivity index (χ2n) is 17.0. The van der Waals surface area contributed by atoms with Crippen molar-refractivity contribution in [2.45, 2.75) is 173 Å². The Morgan fingerprint density at radius 2 is 1.03 bits per heavy atom. The van der Waals surface area contributed by atoms with Crippen molar-refractivity contribution in [2.24, 2.45) is 23.7 Å². The van der Waals surface area contributed by atoms with Gasteiger partial charge in [0.1, 0.15) is 36.6 Å². The van der Waals surface area contributed by atoms with Crippen LogP contribution in [0.4, 0.5) is 0 Å². The van der Waals surface area contributed by atoms with Crippen LogP contribution in [0.3, 0.4) is 0 Å². The van der Waals surface area contributed by atoms with Gasteiger partial charge in [-0.1, -0.05) is 78.0 Å². The van der Waals surface area contributed by atoms with Gasteiger partial charge in [0.05, 0.1) is 55.4 Å². The van der Waals surface area contributed by atoms with E-state index in [-0.39, 0.29) is 103 Å². The Morgan fingerprint density at radius 3 is 1.42 bits per heavy atom. The molecular formula is C48H86O14. The molecule has 4 aliphatic heterocycles. The molecule has 0 aliphatic carbocycles. The Kier molecular flexibility index (Phi) is 26.6. The molecule has 0 spiro atoms. The molecule has 0 radical (unpaired) electrons. The van der Waals surface area contributed by atoms with Crippen LogP contribution in [0.15, 0.2) is 47.6 Å². The van der Waals surface area contributed by atoms with Gasteiger partial charge in [-0.3, -0.25) is 0 Å². The van der Waals surface area contributed by atoms with Crippen molar-refractivity contribution < 1.29 is 67.4 Å². The van der Waals surface area contributed by atoms with Gasteiger partial charge in [0, 0.05) is 87.0 Å². The monoisotopic (exact) mass is 887 g/mol. The second-order valence-corrected chi connectivity index (χ2v) is 17.0. The van der Waals surface area contributed by atoms with Gasteiger partial charge in [0.15, 0.2) is 6.29 Å². The van der Waals surface area contributed by atoms with E-state index in [1.54, 1.807) is 49.8 Å². The van der Waals surface area contributed by atoms with Crippen LogP contribution < -0.4 is 0 Å². The summed E-state index contributed by atoms with van der Waals surface area (Å²) in [6.45, 7) is 17.2. The normalized spacial score (nSPS) is 34.2. The van der Waals surface area contributed by atoms with Crippen molar-refractivity contribution in [1.29, 1.82) is 0 Å². The standard InChI is InChI=1S/C24H42O7.C23H40O6.CH4O/c1-9-17(26-5)16(4)22-24(31-22)20(25)14(2)11-10-12-15(3)21-23(29-8)18(27-6)13-19(28-7)30-21;1-8-17(25-5)16(4)21-23(29-21)19(24)14(2)10-9-11-15(3)20-22(27-7)18(26-6)12-13-28-20;1-2/h10-12,14,16-25H,9,13H2,1-8H3;9-11,14,16-24H,8,12-13H2,1-7H3;2H,1H3/b11-10+,15-12+;10-9+,15-11+;/t14?,16?,17?,18?,19-,20?,21?,22?,23-,24?;;/m1../s1. The summed E-state index contributed by atoms with van der Waals surface area (Å²) in [5, 5.41) is 28.4. The molecule has 3 N–H and O–H groups in total. The molecule has 362 valence electrons. The molecule has 0 bridgehead atoms. The van der Waals surface area contributed by atoms with E-state index >= 15 is 0 Å². The van der Waals surface area contributed by atoms with Crippen molar-refractivity contribution >= 4 is 0 Å². The van der Waals surface area contributed by atoms with E-state index in [1.807, 2.05) is 64.2 Å². The highest BCUT2D eigenvalue weighted by molar-refractivity contribution is 5.20. The number of aliphatic hydroxyl groups excluding tert-OH is 3. The third-order valence-electron chi connectivity index (χ3n) is 13.1. The van der Waals surface area contributed by atoms with Crippen LogP contribution >= 0.6 is 0 Å². The first-order chi connectivity index (χ1) is 29.7. The molecule has 19 atom stereocenters. The Balaban J connectivity index is 0.000000411. The van der Waals surface area contributed by atoms with Crippen molar-refractivity contribution in [2.75, 3.05) is 63.5 Å². The summed E-state index contributed by atoms with van der Waals surface area (Å²) in [6.07, 6.45) is 13.3. The summed E-state index contributed by atoms with van der Waals surface area (Å²) >= 11 is 0. The zero-order valence-electron chi connectivity index (χ0n) is 40.8. The number of rotatable bonds is 23. The fourth-order valence-corrected chi connectivity index (χ4v) is 8.90. The van der Waals surface area contributed by atoms with E-state index in [0.29, 0.717) is 13.0 Å². The van der Waals surface area contributed by atoms with E-state index in [2.05, 4.69) is 27.7 Å². The van der Waals surface area contributed by atoms with E-state index in [0.717, 1.165) is 37.5 Å². The maximum Gasteiger partial charge on any atom is 0.160 e. The van der Waals surface area contributed by atoms with Gasteiger partial charge in [-0.2, -0.15) is 0 Å². The lowest BCUT2D eigenvalue weighted by Gasteiger charge is -2.40. The molecule has 0 saturated carbocycles. The van der Waals surface area contributed by atoms with Crippen LogP contribution in [0, 0.1) is 23.7 Å². The molecule has 0 aromatic carbocycles. The molecule has 4 saturated heterocycles. The summed E-state index contributed by atoms with van der Waals surface area (Å²) in [5.74, 6) is 0.467. The number of allylic oxidation sites excluding steroid dienone is 4. The number of hydrogen-bond donors (Lipinski definition) is 3. The number of aliphatic hydroxyl groups is 3. The molecule has 4 heterocycles. The van der Waals surface area contributed by atoms with E-state index in [9.17, 15) is 10.2 Å². The molecule has 14 nitrogen and oxygen atoms in total. The molecule has 0 aromatic rings. The van der Waals surface area contributed by atoms with Crippen molar-refractivity contribution in [3.63, 3.8) is 0 Å². The summed E-state index contributed by atoms with van der Waals surface area (Å²) in [4.78, 5) is 0. The number of methoxy groups -OCH3 is 7. The minimum absolute atomic E-state index is 0.0129. The van der Waals surface area contributed by atoms with Crippen LogP contribution in [0.2, 0.25) is 0 Å². The predicted molar refractivity (Wildman–Crippen MR) is 240 cm³/mol. The predicted octanol–water partition coefficient (Wildman–Crippen LogP) is 5.85. The Hall–Kier alpha value is -1.60. The van der Waals surface area contributed by atoms with Gasteiger partial charge in [-0.05, 0) is 44.3 Å². The summed E-state index contributed by atoms with van der Waals surface area (Å²) in [7, 11) is 12.8. The van der Waals surface area contributed by atoms with Crippen LogP contribution in [0.5, 0.6) is 0 Å². The first-order valence-electron chi connectivity index (χ1n) is 22.5. The van der Waals surface area contributed by atoms with Gasteiger partial charge in [0.2, 0.25) is 0 Å². The molecule has 4 fully saturated rings. The average Bonchev–Trinajstić information content (AvgIpc) is 4.24. The van der Waals surface area contributed by atoms with Crippen LogP contribution in [-0.4, -0.2) is 171 Å². The highest BCUT2D eigenvalue weighted by Gasteiger charge is 2.51. The van der Waals surface area contributed by atoms with Crippen LogP contribution in [0.25, 0.3) is 0 Å². The van der Waals surface area contributed by atoms with Gasteiger partial charge in [-0.15, -0.1) is 0 Å². The smallest absolute Gasteiger partial charge is 0.160 e. The molecule has 62 heavy (non-hydrogen) atoms. The van der Waals surface area contributed by atoms with Gasteiger partial charge >= 0.3 is 0 Å². The second kappa shape index (κ2) is 29.1. The third kappa shape index (κ3) is 15.8. The van der Waals surface area contributed by atoms with Gasteiger partial charge in [-0.25, -0.2) is 0 Å². The van der Waals surface area contributed by atoms with E-state index < -0.39 is 12.2 Å². The SMILES string of the molecule is CCC(OC)C(C)C1OC1C(O)C(C)/C=C/C=C(\C)C1OCCC(OC)C1OC.CCC(OC)C(C)C1OC1C(O)C(C)/C=C/C=C(\C)C1O[C@@H](OC)CC(OC)[C@H]1OC.CO.